The van der Waals surface area contributed by atoms with Crippen LogP contribution >= 0.6 is 11.8 Å². The number of nitrogens with one attached hydrogen (secondary N) is 2. The molecule has 3 aromatic rings. The maximum atomic E-state index is 12.5. The summed E-state index contributed by atoms with van der Waals surface area (Å²) in [6, 6.07) is 14.2. The first kappa shape index (κ1) is 26.0. The fourth-order valence-electron chi connectivity index (χ4n) is 3.19. The number of thioether (sulfide) groups is 1. The number of carbonyl (C=O) groups is 3. The van der Waals surface area contributed by atoms with Crippen LogP contribution < -0.4 is 10.6 Å². The van der Waals surface area contributed by atoms with Crippen LogP contribution in [-0.4, -0.2) is 44.9 Å². The van der Waals surface area contributed by atoms with Crippen molar-refractivity contribution in [1.29, 1.82) is 0 Å². The third kappa shape index (κ3) is 7.68. The van der Waals surface area contributed by atoms with Crippen LogP contribution in [0.3, 0.4) is 0 Å². The Bertz CT molecular complexity index is 1180. The van der Waals surface area contributed by atoms with E-state index in [1.54, 1.807) is 24.3 Å². The molecule has 0 aliphatic carbocycles. The number of rotatable bonds is 11. The number of ether oxygens (including phenoxy) is 1. The molecule has 1 heterocycles. The molecular weight excluding hydrogens is 466 g/mol. The topological polar surface area (TPSA) is 115 Å². The quantitative estimate of drug-likeness (QED) is 0.304. The minimum Gasteiger partial charge on any atom is -0.462 e. The van der Waals surface area contributed by atoms with Gasteiger partial charge in [0.1, 0.15) is 5.82 Å². The average Bonchev–Trinajstić information content (AvgIpc) is 3.23. The molecule has 0 saturated carbocycles. The second-order valence-electron chi connectivity index (χ2n) is 7.79. The minimum absolute atomic E-state index is 0.0718. The molecule has 35 heavy (non-hydrogen) atoms. The van der Waals surface area contributed by atoms with E-state index >= 15 is 0 Å². The van der Waals surface area contributed by atoms with Crippen molar-refractivity contribution < 1.29 is 19.1 Å². The summed E-state index contributed by atoms with van der Waals surface area (Å²) in [6.07, 6.45) is 0.809. The van der Waals surface area contributed by atoms with E-state index in [0.717, 1.165) is 17.7 Å². The summed E-state index contributed by atoms with van der Waals surface area (Å²) in [7, 11) is 0. The Morgan fingerprint density at radius 1 is 0.971 bits per heavy atom. The summed E-state index contributed by atoms with van der Waals surface area (Å²) < 4.78 is 6.95. The normalized spacial score (nSPS) is 10.6. The highest BCUT2D eigenvalue weighted by molar-refractivity contribution is 7.99. The summed E-state index contributed by atoms with van der Waals surface area (Å²) in [5.41, 5.74) is 2.72. The Balaban J connectivity index is 1.55. The van der Waals surface area contributed by atoms with E-state index in [-0.39, 0.29) is 24.0 Å². The Morgan fingerprint density at radius 3 is 2.43 bits per heavy atom. The van der Waals surface area contributed by atoms with Crippen molar-refractivity contribution in [2.24, 2.45) is 0 Å². The predicted molar refractivity (Wildman–Crippen MR) is 136 cm³/mol. The molecule has 0 radical (unpaired) electrons. The third-order valence-electron chi connectivity index (χ3n) is 4.92. The van der Waals surface area contributed by atoms with Crippen LogP contribution in [0.15, 0.2) is 53.7 Å². The number of nitrogens with zero attached hydrogens (tertiary/aromatic N) is 3. The van der Waals surface area contributed by atoms with Crippen molar-refractivity contribution in [3.05, 3.63) is 65.5 Å². The molecule has 0 aliphatic rings. The van der Waals surface area contributed by atoms with Crippen molar-refractivity contribution in [3.8, 4) is 0 Å². The first-order valence-electron chi connectivity index (χ1n) is 11.4. The molecule has 0 spiro atoms. The first-order chi connectivity index (χ1) is 16.9. The van der Waals surface area contributed by atoms with Crippen LogP contribution in [0, 0.1) is 6.92 Å². The van der Waals surface area contributed by atoms with Gasteiger partial charge in [-0.25, -0.2) is 4.79 Å². The summed E-state index contributed by atoms with van der Waals surface area (Å²) in [4.78, 5) is 37.0. The number of hydrogen-bond donors (Lipinski definition) is 2. The van der Waals surface area contributed by atoms with E-state index in [9.17, 15) is 14.4 Å². The van der Waals surface area contributed by atoms with Crippen LogP contribution in [-0.2, 0) is 27.3 Å². The Morgan fingerprint density at radius 2 is 1.71 bits per heavy atom. The van der Waals surface area contributed by atoms with Crippen molar-refractivity contribution in [2.45, 2.75) is 45.3 Å². The van der Waals surface area contributed by atoms with Crippen molar-refractivity contribution >= 4 is 40.9 Å². The summed E-state index contributed by atoms with van der Waals surface area (Å²) in [6.45, 7) is 6.74. The summed E-state index contributed by atoms with van der Waals surface area (Å²) in [5, 5.41) is 14.5. The number of aryl methyl sites for hydroxylation is 1. The van der Waals surface area contributed by atoms with E-state index in [4.69, 9.17) is 4.74 Å². The fraction of sp³-hybridized carbons (Fsp3) is 0.320. The molecular formula is C25H29N5O4S. The van der Waals surface area contributed by atoms with E-state index in [2.05, 4.69) is 20.8 Å². The Kier molecular flexibility index (Phi) is 9.42. The average molecular weight is 496 g/mol. The van der Waals surface area contributed by atoms with E-state index in [1.165, 1.54) is 11.8 Å². The smallest absolute Gasteiger partial charge is 0.338 e. The second-order valence-corrected chi connectivity index (χ2v) is 8.73. The lowest BCUT2D eigenvalue weighted by Gasteiger charge is -2.09. The monoisotopic (exact) mass is 495 g/mol. The fourth-order valence-corrected chi connectivity index (χ4v) is 4.01. The molecule has 0 aliphatic heterocycles. The lowest BCUT2D eigenvalue weighted by atomic mass is 10.2. The third-order valence-corrected chi connectivity index (χ3v) is 5.88. The number of hydrogen-bond acceptors (Lipinski definition) is 7. The molecule has 3 rings (SSSR count). The minimum atomic E-state index is -0.424. The van der Waals surface area contributed by atoms with Gasteiger partial charge in [-0.3, -0.25) is 9.59 Å². The van der Waals surface area contributed by atoms with Crippen molar-refractivity contribution in [2.75, 3.05) is 23.0 Å². The van der Waals surface area contributed by atoms with Gasteiger partial charge >= 0.3 is 5.97 Å². The lowest BCUT2D eigenvalue weighted by Crippen LogP contribution is -2.18. The van der Waals surface area contributed by atoms with Gasteiger partial charge in [-0.05, 0) is 50.6 Å². The number of benzene rings is 2. The Labute approximate surface area is 208 Å². The van der Waals surface area contributed by atoms with Gasteiger partial charge in [-0.15, -0.1) is 10.2 Å². The van der Waals surface area contributed by atoms with E-state index in [0.29, 0.717) is 35.4 Å². The highest BCUT2D eigenvalue weighted by atomic mass is 32.2. The maximum Gasteiger partial charge on any atom is 0.338 e. The predicted octanol–water partition coefficient (Wildman–Crippen LogP) is 4.09. The maximum absolute atomic E-state index is 12.5. The SMILES string of the molecule is CCCOC(=O)c1cccc(NC(=O)CSc2nnc(CC(=O)Nc3ccc(C)cc3)n2CC)c1. The van der Waals surface area contributed by atoms with Crippen LogP contribution in [0.25, 0.3) is 0 Å². The standard InChI is InChI=1S/C25H29N5O4S/c1-4-13-34-24(33)18-7-6-8-20(14-18)27-23(32)16-35-25-29-28-21(30(25)5-2)15-22(31)26-19-11-9-17(3)10-12-19/h6-12,14H,4-5,13,15-16H2,1-3H3,(H,26,31)(H,27,32). The molecule has 0 saturated heterocycles. The van der Waals surface area contributed by atoms with E-state index < -0.39 is 5.97 Å². The molecule has 2 amide bonds. The van der Waals surface area contributed by atoms with Gasteiger partial charge < -0.3 is 19.9 Å². The second kappa shape index (κ2) is 12.7. The molecule has 0 bridgehead atoms. The molecule has 10 heteroatoms. The molecule has 2 N–H and O–H groups in total. The zero-order valence-corrected chi connectivity index (χ0v) is 20.9. The largest absolute Gasteiger partial charge is 0.462 e. The first-order valence-corrected chi connectivity index (χ1v) is 12.4. The number of esters is 1. The van der Waals surface area contributed by atoms with Crippen LogP contribution in [0.4, 0.5) is 11.4 Å². The highest BCUT2D eigenvalue weighted by Crippen LogP contribution is 2.19. The van der Waals surface area contributed by atoms with Crippen molar-refractivity contribution in [1.82, 2.24) is 14.8 Å². The van der Waals surface area contributed by atoms with Gasteiger partial charge in [0.05, 0.1) is 24.3 Å². The van der Waals surface area contributed by atoms with Crippen LogP contribution in [0.5, 0.6) is 0 Å². The van der Waals surface area contributed by atoms with Gasteiger partial charge in [0.2, 0.25) is 11.8 Å². The van der Waals surface area contributed by atoms with Crippen LogP contribution in [0.1, 0.15) is 42.0 Å². The van der Waals surface area contributed by atoms with Gasteiger partial charge in [-0.2, -0.15) is 0 Å². The van der Waals surface area contributed by atoms with Gasteiger partial charge in [0, 0.05) is 17.9 Å². The molecule has 2 aromatic carbocycles. The number of aromatic nitrogens is 3. The molecule has 0 atom stereocenters. The number of amides is 2. The zero-order valence-electron chi connectivity index (χ0n) is 20.0. The molecule has 0 fully saturated rings. The van der Waals surface area contributed by atoms with Gasteiger partial charge in [0.25, 0.3) is 0 Å². The Hall–Kier alpha value is -3.66. The summed E-state index contributed by atoms with van der Waals surface area (Å²) >= 11 is 1.23. The molecule has 184 valence electrons. The summed E-state index contributed by atoms with van der Waals surface area (Å²) in [5.74, 6) is -0.246. The molecule has 9 nitrogen and oxygen atoms in total. The molecule has 0 unspecified atom stereocenters. The molecule has 1 aromatic heterocycles. The number of carbonyl (C=O) groups excluding carboxylic acids is 3. The lowest BCUT2D eigenvalue weighted by molar-refractivity contribution is -0.116. The highest BCUT2D eigenvalue weighted by Gasteiger charge is 2.16. The van der Waals surface area contributed by atoms with Gasteiger partial charge in [-0.1, -0.05) is 42.4 Å². The van der Waals surface area contributed by atoms with Crippen LogP contribution in [0.2, 0.25) is 0 Å². The van der Waals surface area contributed by atoms with Crippen molar-refractivity contribution in [3.63, 3.8) is 0 Å². The zero-order chi connectivity index (χ0) is 25.2. The van der Waals surface area contributed by atoms with Gasteiger partial charge in [0.15, 0.2) is 5.16 Å². The number of anilines is 2. The van der Waals surface area contributed by atoms with E-state index in [1.807, 2.05) is 49.6 Å².